The lowest BCUT2D eigenvalue weighted by Gasteiger charge is -2.10. The van der Waals surface area contributed by atoms with Gasteiger partial charge in [0.25, 0.3) is 5.91 Å². The van der Waals surface area contributed by atoms with Crippen molar-refractivity contribution in [3.63, 3.8) is 0 Å². The molecule has 148 valence electrons. The van der Waals surface area contributed by atoms with Crippen LogP contribution in [-0.4, -0.2) is 16.8 Å². The number of carbonyl (C=O) groups is 2. The van der Waals surface area contributed by atoms with Gasteiger partial charge in [-0.25, -0.2) is 4.98 Å². The highest BCUT2D eigenvalue weighted by Crippen LogP contribution is 2.23. The number of aromatic nitrogens is 1. The van der Waals surface area contributed by atoms with Gasteiger partial charge in [-0.1, -0.05) is 41.9 Å². The monoisotopic (exact) mass is 453 g/mol. The first-order valence-electron chi connectivity index (χ1n) is 9.02. The quantitative estimate of drug-likeness (QED) is 0.517. The Labute approximate surface area is 177 Å². The van der Waals surface area contributed by atoms with Crippen molar-refractivity contribution in [2.45, 2.75) is 13.8 Å². The molecule has 0 saturated carbocycles. The van der Waals surface area contributed by atoms with E-state index in [2.05, 4.69) is 31.5 Å². The van der Waals surface area contributed by atoms with Gasteiger partial charge < -0.3 is 15.4 Å². The first-order chi connectivity index (χ1) is 13.9. The molecule has 0 bridgehead atoms. The lowest BCUT2D eigenvalue weighted by molar-refractivity contribution is -0.118. The van der Waals surface area contributed by atoms with Gasteiger partial charge in [0.05, 0.1) is 5.56 Å². The van der Waals surface area contributed by atoms with E-state index < -0.39 is 0 Å². The van der Waals surface area contributed by atoms with Crippen LogP contribution < -0.4 is 15.4 Å². The number of nitrogens with zero attached hydrogens (tertiary/aromatic N) is 1. The second-order valence-corrected chi connectivity index (χ2v) is 7.54. The highest BCUT2D eigenvalue weighted by atomic mass is 79.9. The summed E-state index contributed by atoms with van der Waals surface area (Å²) in [5.41, 5.74) is 1.59. The average Bonchev–Trinajstić information content (AvgIpc) is 2.68. The van der Waals surface area contributed by atoms with Crippen LogP contribution in [0.4, 0.5) is 11.4 Å². The maximum absolute atomic E-state index is 12.5. The normalized spacial score (nSPS) is 10.5. The minimum Gasteiger partial charge on any atom is -0.439 e. The van der Waals surface area contributed by atoms with Crippen LogP contribution in [0.1, 0.15) is 24.2 Å². The Balaban J connectivity index is 1.64. The van der Waals surface area contributed by atoms with E-state index in [0.29, 0.717) is 28.6 Å². The highest BCUT2D eigenvalue weighted by Gasteiger charge is 2.10. The molecule has 0 fully saturated rings. The third-order valence-corrected chi connectivity index (χ3v) is 4.42. The number of anilines is 2. The molecule has 0 radical (unpaired) electrons. The molecule has 0 atom stereocenters. The fraction of sp³-hybridized carbons (Fsp3) is 0.136. The highest BCUT2D eigenvalue weighted by molar-refractivity contribution is 9.10. The van der Waals surface area contributed by atoms with Gasteiger partial charge >= 0.3 is 0 Å². The zero-order valence-corrected chi connectivity index (χ0v) is 17.6. The Morgan fingerprint density at radius 2 is 1.69 bits per heavy atom. The molecule has 0 aliphatic carbocycles. The number of rotatable bonds is 6. The Kier molecular flexibility index (Phi) is 6.61. The van der Waals surface area contributed by atoms with Gasteiger partial charge in [0.1, 0.15) is 5.75 Å². The van der Waals surface area contributed by atoms with Gasteiger partial charge in [-0.15, -0.1) is 0 Å². The van der Waals surface area contributed by atoms with Crippen LogP contribution in [-0.2, 0) is 4.79 Å². The average molecular weight is 454 g/mol. The van der Waals surface area contributed by atoms with E-state index in [-0.39, 0.29) is 17.7 Å². The molecule has 0 aliphatic heterocycles. The smallest absolute Gasteiger partial charge is 0.257 e. The van der Waals surface area contributed by atoms with Gasteiger partial charge in [0.15, 0.2) is 0 Å². The summed E-state index contributed by atoms with van der Waals surface area (Å²) in [6.07, 6.45) is 1.45. The molecule has 0 spiro atoms. The number of nitrogens with one attached hydrogen (secondary N) is 2. The standard InChI is InChI=1S/C22H20BrN3O3/c1-14(2)21(27)25-17-6-4-7-18(12-17)26-22(28)15-9-10-20(24-13-15)29-19-8-3-5-16(23)11-19/h3-14H,1-2H3,(H,25,27)(H,26,28). The third kappa shape index (κ3) is 5.89. The number of hydrogen-bond acceptors (Lipinski definition) is 4. The summed E-state index contributed by atoms with van der Waals surface area (Å²) in [4.78, 5) is 28.5. The molecule has 3 rings (SSSR count). The van der Waals surface area contributed by atoms with E-state index in [1.54, 1.807) is 36.4 Å². The topological polar surface area (TPSA) is 80.3 Å². The molecule has 6 nitrogen and oxygen atoms in total. The van der Waals surface area contributed by atoms with Crippen molar-refractivity contribution in [3.05, 3.63) is 76.9 Å². The molecule has 29 heavy (non-hydrogen) atoms. The van der Waals surface area contributed by atoms with Crippen molar-refractivity contribution in [2.24, 2.45) is 5.92 Å². The van der Waals surface area contributed by atoms with Crippen LogP contribution in [0.5, 0.6) is 11.6 Å². The summed E-state index contributed by atoms with van der Waals surface area (Å²) in [6, 6.07) is 17.7. The van der Waals surface area contributed by atoms with E-state index in [1.165, 1.54) is 6.20 Å². The molecule has 7 heteroatoms. The van der Waals surface area contributed by atoms with Gasteiger partial charge in [-0.3, -0.25) is 9.59 Å². The van der Waals surface area contributed by atoms with E-state index in [0.717, 1.165) is 4.47 Å². The summed E-state index contributed by atoms with van der Waals surface area (Å²) in [5.74, 6) is 0.511. The summed E-state index contributed by atoms with van der Waals surface area (Å²) < 4.78 is 6.57. The SMILES string of the molecule is CC(C)C(=O)Nc1cccc(NC(=O)c2ccc(Oc3cccc(Br)c3)nc2)c1. The summed E-state index contributed by atoms with van der Waals surface area (Å²) in [6.45, 7) is 3.63. The van der Waals surface area contributed by atoms with Crippen molar-refractivity contribution in [2.75, 3.05) is 10.6 Å². The molecule has 0 aliphatic rings. The summed E-state index contributed by atoms with van der Waals surface area (Å²) in [5, 5.41) is 5.61. The molecule has 2 aromatic carbocycles. The second-order valence-electron chi connectivity index (χ2n) is 6.62. The van der Waals surface area contributed by atoms with E-state index in [1.807, 2.05) is 38.1 Å². The predicted octanol–water partition coefficient (Wildman–Crippen LogP) is 5.48. The molecule has 0 unspecified atom stereocenters. The van der Waals surface area contributed by atoms with Crippen molar-refractivity contribution in [3.8, 4) is 11.6 Å². The maximum atomic E-state index is 12.5. The fourth-order valence-electron chi connectivity index (χ4n) is 2.39. The number of pyridine rings is 1. The van der Waals surface area contributed by atoms with Crippen LogP contribution in [0.15, 0.2) is 71.3 Å². The van der Waals surface area contributed by atoms with Crippen molar-refractivity contribution < 1.29 is 14.3 Å². The first-order valence-corrected chi connectivity index (χ1v) is 9.82. The molecular formula is C22H20BrN3O3. The molecule has 2 N–H and O–H groups in total. The number of hydrogen-bond donors (Lipinski definition) is 2. The van der Waals surface area contributed by atoms with Gasteiger partial charge in [0, 0.05) is 34.0 Å². The predicted molar refractivity (Wildman–Crippen MR) is 116 cm³/mol. The van der Waals surface area contributed by atoms with E-state index in [9.17, 15) is 9.59 Å². The van der Waals surface area contributed by atoms with Crippen molar-refractivity contribution in [1.82, 2.24) is 4.98 Å². The Bertz CT molecular complexity index is 1020. The van der Waals surface area contributed by atoms with E-state index in [4.69, 9.17) is 4.74 Å². The van der Waals surface area contributed by atoms with Crippen LogP contribution in [0, 0.1) is 5.92 Å². The zero-order valence-electron chi connectivity index (χ0n) is 16.0. The largest absolute Gasteiger partial charge is 0.439 e. The first kappa shape index (κ1) is 20.5. The van der Waals surface area contributed by atoms with Crippen LogP contribution in [0.3, 0.4) is 0 Å². The molecule has 2 amide bonds. The molecular weight excluding hydrogens is 434 g/mol. The van der Waals surface area contributed by atoms with Gasteiger partial charge in [-0.2, -0.15) is 0 Å². The number of benzene rings is 2. The Hall–Kier alpha value is -3.19. The number of halogens is 1. The Morgan fingerprint density at radius 3 is 2.34 bits per heavy atom. The second kappa shape index (κ2) is 9.34. The fourth-order valence-corrected chi connectivity index (χ4v) is 2.77. The van der Waals surface area contributed by atoms with Crippen LogP contribution in [0.25, 0.3) is 0 Å². The number of carbonyl (C=O) groups excluding carboxylic acids is 2. The minimum absolute atomic E-state index is 0.0845. The van der Waals surface area contributed by atoms with Gasteiger partial charge in [0.2, 0.25) is 11.8 Å². The third-order valence-electron chi connectivity index (χ3n) is 3.93. The van der Waals surface area contributed by atoms with Crippen molar-refractivity contribution in [1.29, 1.82) is 0 Å². The molecule has 0 saturated heterocycles. The van der Waals surface area contributed by atoms with Crippen LogP contribution in [0.2, 0.25) is 0 Å². The summed E-state index contributed by atoms with van der Waals surface area (Å²) in [7, 11) is 0. The van der Waals surface area contributed by atoms with Crippen molar-refractivity contribution >= 4 is 39.1 Å². The summed E-state index contributed by atoms with van der Waals surface area (Å²) >= 11 is 3.39. The molecule has 1 aromatic heterocycles. The van der Waals surface area contributed by atoms with E-state index >= 15 is 0 Å². The molecule has 1 heterocycles. The number of ether oxygens (including phenoxy) is 1. The lowest BCUT2D eigenvalue weighted by Crippen LogP contribution is -2.18. The minimum atomic E-state index is -0.307. The zero-order chi connectivity index (χ0) is 20.8. The van der Waals surface area contributed by atoms with Gasteiger partial charge in [-0.05, 0) is 42.5 Å². The molecule has 3 aromatic rings. The number of amides is 2. The lowest BCUT2D eigenvalue weighted by atomic mass is 10.2. The van der Waals surface area contributed by atoms with Crippen LogP contribution >= 0.6 is 15.9 Å². The maximum Gasteiger partial charge on any atom is 0.257 e. The Morgan fingerprint density at radius 1 is 0.966 bits per heavy atom.